The van der Waals surface area contributed by atoms with Gasteiger partial charge in [-0.05, 0) is 44.2 Å². The van der Waals surface area contributed by atoms with Crippen molar-refractivity contribution >= 4 is 16.7 Å². The SMILES string of the molecule is CCN(CC)c1ccc2nc(-c3ccc(-c4ncccc4C(F)(F)F)cc3)[nH]c2c1. The first-order valence-electron chi connectivity index (χ1n) is 9.78. The highest BCUT2D eigenvalue weighted by Gasteiger charge is 2.34. The normalized spacial score (nSPS) is 11.8. The Morgan fingerprint density at radius 2 is 1.63 bits per heavy atom. The molecule has 0 bridgehead atoms. The lowest BCUT2D eigenvalue weighted by atomic mass is 10.0. The van der Waals surface area contributed by atoms with E-state index >= 15 is 0 Å². The first kappa shape index (κ1) is 19.9. The number of anilines is 1. The molecule has 0 unspecified atom stereocenters. The Labute approximate surface area is 172 Å². The fraction of sp³-hybridized carbons (Fsp3) is 0.217. The summed E-state index contributed by atoms with van der Waals surface area (Å²) in [6.45, 7) is 6.05. The van der Waals surface area contributed by atoms with E-state index in [0.29, 0.717) is 11.4 Å². The number of pyridine rings is 1. The number of alkyl halides is 3. The smallest absolute Gasteiger partial charge is 0.372 e. The van der Waals surface area contributed by atoms with Crippen LogP contribution in [-0.4, -0.2) is 28.0 Å². The summed E-state index contributed by atoms with van der Waals surface area (Å²) in [4.78, 5) is 14.1. The van der Waals surface area contributed by atoms with Crippen molar-refractivity contribution in [2.45, 2.75) is 20.0 Å². The Hall–Kier alpha value is -3.35. The summed E-state index contributed by atoms with van der Waals surface area (Å²) < 4.78 is 39.8. The van der Waals surface area contributed by atoms with Crippen molar-refractivity contribution < 1.29 is 13.2 Å². The molecule has 1 N–H and O–H groups in total. The monoisotopic (exact) mass is 410 g/mol. The number of aromatic amines is 1. The van der Waals surface area contributed by atoms with E-state index in [2.05, 4.69) is 39.8 Å². The number of imidazole rings is 1. The zero-order chi connectivity index (χ0) is 21.3. The van der Waals surface area contributed by atoms with E-state index in [1.165, 1.54) is 12.3 Å². The number of aromatic nitrogens is 3. The molecule has 4 aromatic rings. The van der Waals surface area contributed by atoms with Crippen molar-refractivity contribution in [1.29, 1.82) is 0 Å². The third-order valence-corrected chi connectivity index (χ3v) is 5.14. The van der Waals surface area contributed by atoms with E-state index in [9.17, 15) is 13.2 Å². The van der Waals surface area contributed by atoms with Crippen molar-refractivity contribution in [3.05, 3.63) is 66.4 Å². The summed E-state index contributed by atoms with van der Waals surface area (Å²) in [5.41, 5.74) is 3.26. The van der Waals surface area contributed by atoms with E-state index in [0.717, 1.165) is 41.4 Å². The predicted molar refractivity (Wildman–Crippen MR) is 113 cm³/mol. The van der Waals surface area contributed by atoms with E-state index in [-0.39, 0.29) is 5.69 Å². The lowest BCUT2D eigenvalue weighted by Gasteiger charge is -2.20. The number of benzene rings is 2. The molecule has 0 fully saturated rings. The average molecular weight is 410 g/mol. The van der Waals surface area contributed by atoms with Gasteiger partial charge in [0.25, 0.3) is 0 Å². The summed E-state index contributed by atoms with van der Waals surface area (Å²) in [6, 6.07) is 15.2. The highest BCUT2D eigenvalue weighted by atomic mass is 19.4. The lowest BCUT2D eigenvalue weighted by molar-refractivity contribution is -0.137. The van der Waals surface area contributed by atoms with E-state index in [1.807, 2.05) is 12.1 Å². The molecule has 0 radical (unpaired) electrons. The minimum Gasteiger partial charge on any atom is -0.372 e. The summed E-state index contributed by atoms with van der Waals surface area (Å²) in [7, 11) is 0. The van der Waals surface area contributed by atoms with Gasteiger partial charge in [-0.3, -0.25) is 4.98 Å². The van der Waals surface area contributed by atoms with Crippen molar-refractivity contribution in [1.82, 2.24) is 15.0 Å². The van der Waals surface area contributed by atoms with Crippen LogP contribution in [-0.2, 0) is 6.18 Å². The maximum atomic E-state index is 13.3. The second-order valence-electron chi connectivity index (χ2n) is 6.93. The quantitative estimate of drug-likeness (QED) is 0.429. The van der Waals surface area contributed by atoms with E-state index < -0.39 is 11.7 Å². The lowest BCUT2D eigenvalue weighted by Crippen LogP contribution is -2.21. The van der Waals surface area contributed by atoms with Crippen LogP contribution in [0.1, 0.15) is 19.4 Å². The fourth-order valence-electron chi connectivity index (χ4n) is 3.57. The molecule has 0 aliphatic rings. The molecule has 0 saturated carbocycles. The van der Waals surface area contributed by atoms with Crippen LogP contribution >= 0.6 is 0 Å². The van der Waals surface area contributed by atoms with Gasteiger partial charge >= 0.3 is 6.18 Å². The number of nitrogens with zero attached hydrogens (tertiary/aromatic N) is 3. The Kier molecular flexibility index (Phi) is 5.20. The van der Waals surface area contributed by atoms with Gasteiger partial charge in [0, 0.05) is 36.1 Å². The molecule has 0 aliphatic carbocycles. The Morgan fingerprint density at radius 1 is 0.933 bits per heavy atom. The maximum Gasteiger partial charge on any atom is 0.418 e. The van der Waals surface area contributed by atoms with Gasteiger partial charge in [-0.25, -0.2) is 4.98 Å². The van der Waals surface area contributed by atoms with E-state index in [4.69, 9.17) is 0 Å². The van der Waals surface area contributed by atoms with Crippen molar-refractivity contribution in [3.63, 3.8) is 0 Å². The number of nitrogens with one attached hydrogen (secondary N) is 1. The highest BCUT2D eigenvalue weighted by Crippen LogP contribution is 2.36. The topological polar surface area (TPSA) is 44.8 Å². The number of fused-ring (bicyclic) bond motifs is 1. The van der Waals surface area contributed by atoms with Crippen molar-refractivity contribution in [2.24, 2.45) is 0 Å². The van der Waals surface area contributed by atoms with E-state index in [1.54, 1.807) is 24.3 Å². The third-order valence-electron chi connectivity index (χ3n) is 5.14. The van der Waals surface area contributed by atoms with Gasteiger partial charge in [0.2, 0.25) is 0 Å². The molecule has 2 heterocycles. The Bertz CT molecular complexity index is 1160. The first-order valence-corrected chi connectivity index (χ1v) is 9.78. The van der Waals surface area contributed by atoms with Gasteiger partial charge in [0.1, 0.15) is 5.82 Å². The molecule has 154 valence electrons. The molecule has 0 aliphatic heterocycles. The van der Waals surface area contributed by atoms with Crippen LogP contribution in [0.5, 0.6) is 0 Å². The standard InChI is InChI=1S/C23H21F3N4/c1-3-30(4-2)17-11-12-19-20(14-17)29-22(28-19)16-9-7-15(8-10-16)21-18(23(24,25)26)6-5-13-27-21/h5-14H,3-4H2,1-2H3,(H,28,29). The molecule has 0 spiro atoms. The zero-order valence-electron chi connectivity index (χ0n) is 16.7. The minimum atomic E-state index is -4.45. The molecule has 2 aromatic heterocycles. The molecule has 0 saturated heterocycles. The average Bonchev–Trinajstić information content (AvgIpc) is 3.18. The number of halogens is 3. The number of hydrogen-bond acceptors (Lipinski definition) is 3. The molecule has 4 nitrogen and oxygen atoms in total. The van der Waals surface area contributed by atoms with Crippen LogP contribution in [0.4, 0.5) is 18.9 Å². The number of hydrogen-bond donors (Lipinski definition) is 1. The second-order valence-corrected chi connectivity index (χ2v) is 6.93. The Morgan fingerprint density at radius 3 is 2.30 bits per heavy atom. The van der Waals surface area contributed by atoms with Crippen LogP contribution in [0, 0.1) is 0 Å². The third kappa shape index (κ3) is 3.75. The largest absolute Gasteiger partial charge is 0.418 e. The second kappa shape index (κ2) is 7.82. The minimum absolute atomic E-state index is 0.0787. The Balaban J connectivity index is 1.67. The summed E-state index contributed by atoms with van der Waals surface area (Å²) in [5, 5.41) is 0. The maximum absolute atomic E-state index is 13.3. The number of rotatable bonds is 5. The van der Waals surface area contributed by atoms with Gasteiger partial charge in [-0.2, -0.15) is 13.2 Å². The fourth-order valence-corrected chi connectivity index (χ4v) is 3.57. The number of H-pyrrole nitrogens is 1. The molecule has 0 atom stereocenters. The van der Waals surface area contributed by atoms with Crippen molar-refractivity contribution in [2.75, 3.05) is 18.0 Å². The first-order chi connectivity index (χ1) is 14.4. The predicted octanol–water partition coefficient (Wildman–Crippen LogP) is 6.16. The zero-order valence-corrected chi connectivity index (χ0v) is 16.7. The summed E-state index contributed by atoms with van der Waals surface area (Å²) >= 11 is 0. The molecular formula is C23H21F3N4. The molecule has 4 rings (SSSR count). The van der Waals surface area contributed by atoms with Gasteiger partial charge in [-0.15, -0.1) is 0 Å². The highest BCUT2D eigenvalue weighted by molar-refractivity contribution is 5.83. The van der Waals surface area contributed by atoms with Gasteiger partial charge in [0.15, 0.2) is 0 Å². The molecular weight excluding hydrogens is 389 g/mol. The van der Waals surface area contributed by atoms with Gasteiger partial charge in [0.05, 0.1) is 22.3 Å². The summed E-state index contributed by atoms with van der Waals surface area (Å²) in [6.07, 6.45) is -3.09. The van der Waals surface area contributed by atoms with Crippen LogP contribution in [0.15, 0.2) is 60.8 Å². The molecule has 30 heavy (non-hydrogen) atoms. The molecule has 2 aromatic carbocycles. The van der Waals surface area contributed by atoms with Crippen LogP contribution in [0.2, 0.25) is 0 Å². The van der Waals surface area contributed by atoms with Crippen LogP contribution in [0.3, 0.4) is 0 Å². The van der Waals surface area contributed by atoms with Crippen LogP contribution in [0.25, 0.3) is 33.7 Å². The van der Waals surface area contributed by atoms with Gasteiger partial charge in [-0.1, -0.05) is 24.3 Å². The molecule has 7 heteroatoms. The summed E-state index contributed by atoms with van der Waals surface area (Å²) in [5.74, 6) is 0.672. The van der Waals surface area contributed by atoms with Crippen LogP contribution < -0.4 is 4.90 Å². The van der Waals surface area contributed by atoms with Gasteiger partial charge < -0.3 is 9.88 Å². The molecule has 0 amide bonds. The van der Waals surface area contributed by atoms with Crippen molar-refractivity contribution in [3.8, 4) is 22.6 Å².